The van der Waals surface area contributed by atoms with Gasteiger partial charge in [-0.2, -0.15) is 0 Å². The van der Waals surface area contributed by atoms with Crippen molar-refractivity contribution in [1.29, 1.82) is 0 Å². The summed E-state index contributed by atoms with van der Waals surface area (Å²) in [5.41, 5.74) is 2.68. The molecule has 1 aliphatic heterocycles. The molecular formula is C25H31Cl2N3O3S. The Morgan fingerprint density at radius 1 is 1.18 bits per heavy atom. The Kier molecular flexibility index (Phi) is 8.53. The van der Waals surface area contributed by atoms with Gasteiger partial charge < -0.3 is 10.1 Å². The predicted molar refractivity (Wildman–Crippen MR) is 138 cm³/mol. The Labute approximate surface area is 215 Å². The van der Waals surface area contributed by atoms with Gasteiger partial charge in [-0.1, -0.05) is 36.2 Å². The fraction of sp³-hybridized carbons (Fsp3) is 0.520. The molecule has 1 N–H and O–H groups in total. The second-order valence-corrected chi connectivity index (χ2v) is 11.1. The number of piperazine rings is 1. The lowest BCUT2D eigenvalue weighted by Gasteiger charge is -2.34. The lowest BCUT2D eigenvalue weighted by atomic mass is 9.88. The predicted octanol–water partition coefficient (Wildman–Crippen LogP) is 5.11. The number of benzene rings is 1. The Balaban J connectivity index is 1.34. The minimum absolute atomic E-state index is 0.0913. The number of halogens is 2. The van der Waals surface area contributed by atoms with E-state index in [9.17, 15) is 9.59 Å². The van der Waals surface area contributed by atoms with Gasteiger partial charge in [-0.05, 0) is 55.4 Å². The summed E-state index contributed by atoms with van der Waals surface area (Å²) in [5.74, 6) is 0.162. The highest BCUT2D eigenvalue weighted by Crippen LogP contribution is 2.40. The number of anilines is 1. The van der Waals surface area contributed by atoms with Crippen molar-refractivity contribution in [2.45, 2.75) is 39.7 Å². The molecule has 1 fully saturated rings. The Morgan fingerprint density at radius 2 is 1.91 bits per heavy atom. The summed E-state index contributed by atoms with van der Waals surface area (Å²) < 4.78 is 5.31. The summed E-state index contributed by atoms with van der Waals surface area (Å²) in [5, 5.41) is 4.98. The molecule has 2 aliphatic rings. The maximum Gasteiger partial charge on any atom is 0.341 e. The molecule has 1 saturated heterocycles. The number of nitrogens with one attached hydrogen (secondary N) is 1. The molecule has 0 saturated carbocycles. The summed E-state index contributed by atoms with van der Waals surface area (Å²) in [6, 6.07) is 5.59. The fourth-order valence-corrected chi connectivity index (χ4v) is 6.51. The SMILES string of the molecule is CCOC(=O)c1c(NC(=O)CN2CCN(Cc3ccc(Cl)cc3Cl)CC2)sc2c1CCC(C)C2. The second-order valence-electron chi connectivity index (χ2n) is 9.11. The van der Waals surface area contributed by atoms with Crippen molar-refractivity contribution in [1.82, 2.24) is 9.80 Å². The van der Waals surface area contributed by atoms with Crippen LogP contribution in [0.4, 0.5) is 5.00 Å². The topological polar surface area (TPSA) is 61.9 Å². The number of rotatable bonds is 7. The first-order valence-corrected chi connectivity index (χ1v) is 13.4. The second kappa shape index (κ2) is 11.4. The average Bonchev–Trinajstić information content (AvgIpc) is 3.13. The van der Waals surface area contributed by atoms with Crippen LogP contribution in [-0.2, 0) is 28.9 Å². The van der Waals surface area contributed by atoms with Crippen molar-refractivity contribution in [3.05, 3.63) is 49.8 Å². The summed E-state index contributed by atoms with van der Waals surface area (Å²) in [6.45, 7) is 8.71. The van der Waals surface area contributed by atoms with Crippen molar-refractivity contribution in [2.75, 3.05) is 44.6 Å². The number of amides is 1. The first kappa shape index (κ1) is 25.5. The molecule has 0 spiro atoms. The fourth-order valence-electron chi connectivity index (χ4n) is 4.62. The van der Waals surface area contributed by atoms with Crippen molar-refractivity contribution in [3.63, 3.8) is 0 Å². The quantitative estimate of drug-likeness (QED) is 0.510. The minimum atomic E-state index is -0.334. The summed E-state index contributed by atoms with van der Waals surface area (Å²) in [6.07, 6.45) is 2.85. The standard InChI is InChI=1S/C25H31Cl2N3O3S/c1-3-33-25(32)23-19-7-4-16(2)12-21(19)34-24(23)28-22(31)15-30-10-8-29(9-11-30)14-17-5-6-18(26)13-20(17)27/h5-6,13,16H,3-4,7-12,14-15H2,1-2H3,(H,28,31). The molecule has 184 valence electrons. The normalized spacial score (nSPS) is 19.0. The maximum absolute atomic E-state index is 12.9. The van der Waals surface area contributed by atoms with Crippen molar-refractivity contribution >= 4 is 51.4 Å². The molecule has 1 aromatic carbocycles. The molecule has 1 aliphatic carbocycles. The van der Waals surface area contributed by atoms with Gasteiger partial charge in [-0.25, -0.2) is 4.79 Å². The van der Waals surface area contributed by atoms with Crippen LogP contribution in [0.25, 0.3) is 0 Å². The van der Waals surface area contributed by atoms with Crippen molar-refractivity contribution in [3.8, 4) is 0 Å². The van der Waals surface area contributed by atoms with Crippen LogP contribution in [0.5, 0.6) is 0 Å². The number of hydrogen-bond donors (Lipinski definition) is 1. The van der Waals surface area contributed by atoms with Crippen molar-refractivity contribution in [2.24, 2.45) is 5.92 Å². The number of carbonyl (C=O) groups excluding carboxylic acids is 2. The van der Waals surface area contributed by atoms with E-state index in [0.717, 1.165) is 63.1 Å². The monoisotopic (exact) mass is 523 g/mol. The third-order valence-corrected chi connectivity index (χ3v) is 8.24. The molecule has 34 heavy (non-hydrogen) atoms. The first-order chi connectivity index (χ1) is 16.3. The van der Waals surface area contributed by atoms with Crippen LogP contribution in [0, 0.1) is 5.92 Å². The van der Waals surface area contributed by atoms with Crippen LogP contribution < -0.4 is 5.32 Å². The van der Waals surface area contributed by atoms with Gasteiger partial charge in [0.05, 0.1) is 18.7 Å². The van der Waals surface area contributed by atoms with Crippen LogP contribution in [0.15, 0.2) is 18.2 Å². The Bertz CT molecular complexity index is 1050. The molecule has 0 bridgehead atoms. The van der Waals surface area contributed by atoms with Gasteiger partial charge in [0.25, 0.3) is 0 Å². The van der Waals surface area contributed by atoms with E-state index in [1.165, 1.54) is 16.2 Å². The van der Waals surface area contributed by atoms with E-state index in [-0.39, 0.29) is 11.9 Å². The van der Waals surface area contributed by atoms with E-state index < -0.39 is 0 Å². The average molecular weight is 525 g/mol. The van der Waals surface area contributed by atoms with Gasteiger partial charge in [-0.3, -0.25) is 14.6 Å². The number of thiophene rings is 1. The zero-order valence-corrected chi connectivity index (χ0v) is 22.0. The van der Waals surface area contributed by atoms with Gasteiger partial charge in [0.2, 0.25) is 5.91 Å². The zero-order chi connectivity index (χ0) is 24.2. The molecule has 0 radical (unpaired) electrons. The highest BCUT2D eigenvalue weighted by atomic mass is 35.5. The van der Waals surface area contributed by atoms with Gasteiger partial charge >= 0.3 is 5.97 Å². The van der Waals surface area contributed by atoms with Gasteiger partial charge in [0.1, 0.15) is 5.00 Å². The number of carbonyl (C=O) groups is 2. The van der Waals surface area contributed by atoms with Gasteiger partial charge in [-0.15, -0.1) is 11.3 Å². The molecule has 6 nitrogen and oxygen atoms in total. The maximum atomic E-state index is 12.9. The van der Waals surface area contributed by atoms with E-state index >= 15 is 0 Å². The summed E-state index contributed by atoms with van der Waals surface area (Å²) >= 11 is 13.8. The van der Waals surface area contributed by atoms with Gasteiger partial charge in [0, 0.05) is 47.6 Å². The third-order valence-electron chi connectivity index (χ3n) is 6.49. The molecule has 1 atom stereocenters. The molecule has 1 aromatic heterocycles. The molecular weight excluding hydrogens is 493 g/mol. The number of nitrogens with zero attached hydrogens (tertiary/aromatic N) is 2. The Hall–Kier alpha value is -1.64. The number of hydrogen-bond acceptors (Lipinski definition) is 6. The number of ether oxygens (including phenoxy) is 1. The lowest BCUT2D eigenvalue weighted by molar-refractivity contribution is -0.117. The van der Waals surface area contributed by atoms with E-state index in [1.54, 1.807) is 13.0 Å². The summed E-state index contributed by atoms with van der Waals surface area (Å²) in [7, 11) is 0. The molecule has 4 rings (SSSR count). The largest absolute Gasteiger partial charge is 0.462 e. The van der Waals surface area contributed by atoms with E-state index in [0.29, 0.717) is 39.7 Å². The highest BCUT2D eigenvalue weighted by molar-refractivity contribution is 7.17. The van der Waals surface area contributed by atoms with E-state index in [1.807, 2.05) is 12.1 Å². The highest BCUT2D eigenvalue weighted by Gasteiger charge is 2.29. The molecule has 9 heteroatoms. The van der Waals surface area contributed by atoms with Crippen LogP contribution in [0.2, 0.25) is 10.0 Å². The van der Waals surface area contributed by atoms with Crippen LogP contribution >= 0.6 is 34.5 Å². The molecule has 2 aromatic rings. The van der Waals surface area contributed by atoms with E-state index in [4.69, 9.17) is 27.9 Å². The lowest BCUT2D eigenvalue weighted by Crippen LogP contribution is -2.48. The first-order valence-electron chi connectivity index (χ1n) is 11.8. The molecule has 1 unspecified atom stereocenters. The van der Waals surface area contributed by atoms with E-state index in [2.05, 4.69) is 22.0 Å². The van der Waals surface area contributed by atoms with Crippen LogP contribution in [-0.4, -0.2) is 61.0 Å². The summed E-state index contributed by atoms with van der Waals surface area (Å²) in [4.78, 5) is 31.3. The van der Waals surface area contributed by atoms with Crippen LogP contribution in [0.3, 0.4) is 0 Å². The molecule has 2 heterocycles. The minimum Gasteiger partial charge on any atom is -0.462 e. The van der Waals surface area contributed by atoms with Crippen molar-refractivity contribution < 1.29 is 14.3 Å². The van der Waals surface area contributed by atoms with Crippen LogP contribution in [0.1, 0.15) is 46.6 Å². The molecule has 1 amide bonds. The Morgan fingerprint density at radius 3 is 2.62 bits per heavy atom. The zero-order valence-electron chi connectivity index (χ0n) is 19.7. The smallest absolute Gasteiger partial charge is 0.341 e. The third kappa shape index (κ3) is 6.13. The van der Waals surface area contributed by atoms with Gasteiger partial charge in [0.15, 0.2) is 0 Å². The number of fused-ring (bicyclic) bond motifs is 1. The number of esters is 1.